The Kier molecular flexibility index (Phi) is 4.60. The zero-order valence-corrected chi connectivity index (χ0v) is 15.1. The van der Waals surface area contributed by atoms with Crippen molar-refractivity contribution >= 4 is 11.3 Å². The van der Waals surface area contributed by atoms with E-state index in [1.165, 1.54) is 11.3 Å². The molecule has 1 unspecified atom stereocenters. The Morgan fingerprint density at radius 1 is 1.00 bits per heavy atom. The number of benzene rings is 2. The molecule has 2 heterocycles. The molecule has 6 heteroatoms. The number of hydrogen-bond acceptors (Lipinski definition) is 5. The van der Waals surface area contributed by atoms with Gasteiger partial charge in [0.1, 0.15) is 16.8 Å². The fourth-order valence-electron chi connectivity index (χ4n) is 2.81. The summed E-state index contributed by atoms with van der Waals surface area (Å²) < 4.78 is 1.67. The molecule has 0 saturated carbocycles. The quantitative estimate of drug-likeness (QED) is 0.580. The van der Waals surface area contributed by atoms with E-state index in [1.807, 2.05) is 73.8 Å². The van der Waals surface area contributed by atoms with E-state index in [9.17, 15) is 5.11 Å². The molecular formula is C20H18N4OS. The van der Waals surface area contributed by atoms with Crippen molar-refractivity contribution in [2.45, 2.75) is 19.6 Å². The van der Waals surface area contributed by atoms with Gasteiger partial charge in [-0.25, -0.2) is 9.67 Å². The van der Waals surface area contributed by atoms with Crippen LogP contribution in [0.4, 0.5) is 0 Å². The molecule has 26 heavy (non-hydrogen) atoms. The van der Waals surface area contributed by atoms with Crippen molar-refractivity contribution in [1.82, 2.24) is 20.0 Å². The van der Waals surface area contributed by atoms with E-state index >= 15 is 0 Å². The number of aromatic nitrogens is 4. The molecule has 0 saturated heterocycles. The highest BCUT2D eigenvalue weighted by Gasteiger charge is 2.18. The van der Waals surface area contributed by atoms with Crippen LogP contribution in [0.5, 0.6) is 0 Å². The summed E-state index contributed by atoms with van der Waals surface area (Å²) >= 11 is 1.52. The number of thiazole rings is 1. The van der Waals surface area contributed by atoms with Crippen LogP contribution < -0.4 is 0 Å². The van der Waals surface area contributed by atoms with Crippen molar-refractivity contribution in [3.05, 3.63) is 77.4 Å². The summed E-state index contributed by atoms with van der Waals surface area (Å²) in [5.41, 5.74) is 3.72. The van der Waals surface area contributed by atoms with Crippen LogP contribution in [0.2, 0.25) is 0 Å². The molecule has 0 spiro atoms. The van der Waals surface area contributed by atoms with Gasteiger partial charge >= 0.3 is 0 Å². The predicted molar refractivity (Wildman–Crippen MR) is 103 cm³/mol. The topological polar surface area (TPSA) is 63.8 Å². The lowest BCUT2D eigenvalue weighted by atomic mass is 10.2. The van der Waals surface area contributed by atoms with E-state index in [0.29, 0.717) is 6.54 Å². The highest BCUT2D eigenvalue weighted by molar-refractivity contribution is 7.15. The van der Waals surface area contributed by atoms with Gasteiger partial charge in [0.25, 0.3) is 0 Å². The van der Waals surface area contributed by atoms with Gasteiger partial charge in [-0.2, -0.15) is 0 Å². The van der Waals surface area contributed by atoms with Gasteiger partial charge < -0.3 is 5.11 Å². The Balaban J connectivity index is 1.53. The van der Waals surface area contributed by atoms with Crippen LogP contribution in [-0.4, -0.2) is 25.1 Å². The molecule has 1 atom stereocenters. The maximum Gasteiger partial charge on any atom is 0.123 e. The van der Waals surface area contributed by atoms with Crippen molar-refractivity contribution in [2.24, 2.45) is 0 Å². The first-order valence-corrected chi connectivity index (χ1v) is 9.19. The van der Waals surface area contributed by atoms with Crippen molar-refractivity contribution in [3.8, 4) is 21.8 Å². The van der Waals surface area contributed by atoms with Gasteiger partial charge in [-0.15, -0.1) is 16.4 Å². The molecule has 0 bridgehead atoms. The molecule has 0 amide bonds. The molecule has 0 aliphatic carbocycles. The lowest BCUT2D eigenvalue weighted by Gasteiger charge is -2.08. The second kappa shape index (κ2) is 7.19. The smallest absolute Gasteiger partial charge is 0.123 e. The van der Waals surface area contributed by atoms with Gasteiger partial charge in [0.15, 0.2) is 0 Å². The Hall–Kier alpha value is -2.83. The lowest BCUT2D eigenvalue weighted by molar-refractivity contribution is 0.153. The first-order chi connectivity index (χ1) is 12.7. The zero-order valence-electron chi connectivity index (χ0n) is 14.3. The van der Waals surface area contributed by atoms with E-state index in [4.69, 9.17) is 0 Å². The summed E-state index contributed by atoms with van der Waals surface area (Å²) in [5, 5.41) is 19.9. The molecule has 5 nitrogen and oxygen atoms in total. The highest BCUT2D eigenvalue weighted by Crippen LogP contribution is 2.32. The lowest BCUT2D eigenvalue weighted by Crippen LogP contribution is -2.09. The molecule has 0 aliphatic heterocycles. The molecule has 2 aromatic carbocycles. The Labute approximate surface area is 155 Å². The number of aliphatic hydroxyl groups excluding tert-OH is 1. The van der Waals surface area contributed by atoms with E-state index in [1.54, 1.807) is 4.68 Å². The number of aryl methyl sites for hydroxylation is 1. The highest BCUT2D eigenvalue weighted by atomic mass is 32.1. The second-order valence-electron chi connectivity index (χ2n) is 6.04. The van der Waals surface area contributed by atoms with Crippen LogP contribution >= 0.6 is 11.3 Å². The van der Waals surface area contributed by atoms with Crippen LogP contribution in [-0.2, 0) is 6.54 Å². The van der Waals surface area contributed by atoms with Crippen LogP contribution in [0, 0.1) is 6.92 Å². The SMILES string of the molecule is Cc1nc(-c2ccccc2)sc1C(O)Cn1cc(-c2ccccc2)nn1. The maximum absolute atomic E-state index is 10.7. The molecule has 4 aromatic rings. The maximum atomic E-state index is 10.7. The Morgan fingerprint density at radius 3 is 2.35 bits per heavy atom. The van der Waals surface area contributed by atoms with Crippen LogP contribution in [0.25, 0.3) is 21.8 Å². The van der Waals surface area contributed by atoms with Crippen molar-refractivity contribution < 1.29 is 5.11 Å². The third-order valence-electron chi connectivity index (χ3n) is 4.12. The third-order valence-corrected chi connectivity index (χ3v) is 5.43. The van der Waals surface area contributed by atoms with Crippen LogP contribution in [0.1, 0.15) is 16.7 Å². The van der Waals surface area contributed by atoms with E-state index in [0.717, 1.165) is 32.4 Å². The fourth-order valence-corrected chi connectivity index (χ4v) is 3.86. The van der Waals surface area contributed by atoms with E-state index < -0.39 is 6.10 Å². The monoisotopic (exact) mass is 362 g/mol. The summed E-state index contributed by atoms with van der Waals surface area (Å²) in [7, 11) is 0. The molecular weight excluding hydrogens is 344 g/mol. The average molecular weight is 362 g/mol. The third kappa shape index (κ3) is 3.42. The minimum Gasteiger partial charge on any atom is -0.386 e. The zero-order chi connectivity index (χ0) is 17.9. The standard InChI is InChI=1S/C20H18N4OS/c1-14-19(26-20(21-14)16-10-6-3-7-11-16)18(25)13-24-12-17(22-23-24)15-8-4-2-5-9-15/h2-12,18,25H,13H2,1H3. The molecule has 0 aliphatic rings. The fraction of sp³-hybridized carbons (Fsp3) is 0.150. The number of aliphatic hydroxyl groups is 1. The first-order valence-electron chi connectivity index (χ1n) is 8.37. The van der Waals surface area contributed by atoms with Crippen molar-refractivity contribution in [3.63, 3.8) is 0 Å². The summed E-state index contributed by atoms with van der Waals surface area (Å²) in [6, 6.07) is 19.9. The van der Waals surface area contributed by atoms with Gasteiger partial charge in [0, 0.05) is 11.1 Å². The number of hydrogen-bond donors (Lipinski definition) is 1. The number of rotatable bonds is 5. The second-order valence-corrected chi connectivity index (χ2v) is 7.07. The molecule has 1 N–H and O–H groups in total. The summed E-state index contributed by atoms with van der Waals surface area (Å²) in [6.45, 7) is 2.27. The number of nitrogens with zero attached hydrogens (tertiary/aromatic N) is 4. The van der Waals surface area contributed by atoms with Gasteiger partial charge in [0.2, 0.25) is 0 Å². The van der Waals surface area contributed by atoms with Crippen molar-refractivity contribution in [1.29, 1.82) is 0 Å². The summed E-state index contributed by atoms with van der Waals surface area (Å²) in [6.07, 6.45) is 1.18. The molecule has 2 aromatic heterocycles. The summed E-state index contributed by atoms with van der Waals surface area (Å²) in [4.78, 5) is 5.47. The van der Waals surface area contributed by atoms with Crippen molar-refractivity contribution in [2.75, 3.05) is 0 Å². The van der Waals surface area contributed by atoms with Gasteiger partial charge in [-0.1, -0.05) is 65.9 Å². The first kappa shape index (κ1) is 16.6. The molecule has 0 radical (unpaired) electrons. The predicted octanol–water partition coefficient (Wildman–Crippen LogP) is 4.11. The molecule has 4 rings (SSSR count). The van der Waals surface area contributed by atoms with E-state index in [-0.39, 0.29) is 0 Å². The minimum atomic E-state index is -0.671. The van der Waals surface area contributed by atoms with Crippen LogP contribution in [0.15, 0.2) is 66.9 Å². The van der Waals surface area contributed by atoms with E-state index in [2.05, 4.69) is 15.3 Å². The van der Waals surface area contributed by atoms with Gasteiger partial charge in [-0.3, -0.25) is 0 Å². The largest absolute Gasteiger partial charge is 0.386 e. The normalized spacial score (nSPS) is 12.2. The molecule has 130 valence electrons. The summed E-state index contributed by atoms with van der Waals surface area (Å²) in [5.74, 6) is 0. The Morgan fingerprint density at radius 2 is 1.65 bits per heavy atom. The molecule has 0 fully saturated rings. The van der Waals surface area contributed by atoms with Gasteiger partial charge in [0.05, 0.1) is 23.3 Å². The minimum absolute atomic E-state index is 0.344. The Bertz CT molecular complexity index is 995. The average Bonchev–Trinajstić information content (AvgIpc) is 3.30. The van der Waals surface area contributed by atoms with Crippen LogP contribution in [0.3, 0.4) is 0 Å². The van der Waals surface area contributed by atoms with Gasteiger partial charge in [-0.05, 0) is 6.92 Å².